The number of benzene rings is 1. The van der Waals surface area contributed by atoms with E-state index in [0.717, 1.165) is 0 Å². The molecule has 0 saturated carbocycles. The van der Waals surface area contributed by atoms with Gasteiger partial charge in [0.1, 0.15) is 5.91 Å². The molecule has 1 aliphatic heterocycles. The molecular weight excluding hydrogens is 1020 g/mol. The third-order valence-electron chi connectivity index (χ3n) is 2.52. The number of imide groups is 1. The van der Waals surface area contributed by atoms with E-state index in [2.05, 4.69) is 27.6 Å². The zero-order valence-corrected chi connectivity index (χ0v) is 24.3. The maximum absolute atomic E-state index is 11.6. The molecule has 3 rings (SSSR count). The number of anilines is 1. The summed E-state index contributed by atoms with van der Waals surface area (Å²) in [7, 11) is 0. The van der Waals surface area contributed by atoms with Gasteiger partial charge in [0.25, 0.3) is 0 Å². The van der Waals surface area contributed by atoms with Gasteiger partial charge in [0.15, 0.2) is 6.03 Å². The average Bonchev–Trinajstić information content (AvgIpc) is 2.73. The van der Waals surface area contributed by atoms with E-state index in [9.17, 15) is 9.59 Å². The van der Waals surface area contributed by atoms with Crippen molar-refractivity contribution >= 4 is 28.7 Å². The van der Waals surface area contributed by atoms with Crippen LogP contribution >= 0.6 is 0 Å². The number of aromatic nitrogens is 2. The number of rotatable bonds is 1. The molecule has 2 aromatic rings. The Morgan fingerprint density at radius 3 is 2.55 bits per heavy atom. The van der Waals surface area contributed by atoms with Crippen molar-refractivity contribution in [3.8, 4) is 0 Å². The van der Waals surface area contributed by atoms with E-state index in [-0.39, 0.29) is 126 Å². The SMILES string of the molecule is O=C1CCN(c2n[n-]c3[c-]c[c-]cc23)C(=O)[N-]1.[Ac].[CH3-].[Re].[Re].[Re]. The second-order valence-electron chi connectivity index (χ2n) is 3.58. The van der Waals surface area contributed by atoms with Crippen molar-refractivity contribution in [2.24, 2.45) is 0 Å². The normalized spacial score (nSPS) is 12.6. The maximum Gasteiger partial charge on any atom is 0.164 e. The molecule has 0 bridgehead atoms. The van der Waals surface area contributed by atoms with Gasteiger partial charge in [-0.2, -0.15) is 0 Å². The van der Waals surface area contributed by atoms with Gasteiger partial charge in [-0.3, -0.25) is 15.7 Å². The zero-order valence-electron chi connectivity index (χ0n) is 11.4. The molecule has 2 heterocycles. The van der Waals surface area contributed by atoms with Crippen LogP contribution in [0.5, 0.6) is 0 Å². The number of hydrogen-bond donors (Lipinski definition) is 0. The van der Waals surface area contributed by atoms with E-state index < -0.39 is 11.9 Å². The van der Waals surface area contributed by atoms with Crippen LogP contribution in [0, 0.1) is 63.6 Å². The molecule has 0 spiro atoms. The van der Waals surface area contributed by atoms with Gasteiger partial charge in [0.2, 0.25) is 0 Å². The molecule has 0 N–H and O–H groups in total. The first-order valence-electron chi connectivity index (χ1n) is 5.02. The predicted octanol–water partition coefficient (Wildman–Crippen LogP) is 1.47. The summed E-state index contributed by atoms with van der Waals surface area (Å²) in [5.74, 6) is 0.0162. The Kier molecular flexibility index (Phi) is 15.7. The number of carbonyl (C=O) groups excluding carboxylic acids is 2. The largest absolute Gasteiger partial charge is 0.620 e. The van der Waals surface area contributed by atoms with Crippen LogP contribution in [-0.2, 0) is 66.1 Å². The maximum atomic E-state index is 11.6. The minimum Gasteiger partial charge on any atom is -0.620 e. The van der Waals surface area contributed by atoms with Gasteiger partial charge in [-0.15, -0.1) is 0 Å². The van der Waals surface area contributed by atoms with Gasteiger partial charge in [-0.25, -0.2) is 5.39 Å². The summed E-state index contributed by atoms with van der Waals surface area (Å²) in [6.07, 6.45) is 0.209. The average molecular weight is 1030 g/mol. The Morgan fingerprint density at radius 2 is 1.91 bits per heavy atom. The Labute approximate surface area is 205 Å². The van der Waals surface area contributed by atoms with Crippen molar-refractivity contribution < 1.29 is 115 Å². The van der Waals surface area contributed by atoms with Crippen LogP contribution in [0.1, 0.15) is 6.42 Å². The number of amides is 3. The fourth-order valence-electron chi connectivity index (χ4n) is 1.71. The van der Waals surface area contributed by atoms with Crippen molar-refractivity contribution in [3.63, 3.8) is 0 Å². The Balaban J connectivity index is -0.000000722. The van der Waals surface area contributed by atoms with E-state index in [1.165, 1.54) is 4.90 Å². The zero-order chi connectivity index (χ0) is 11.8. The van der Waals surface area contributed by atoms with E-state index >= 15 is 0 Å². The molecule has 0 atom stereocenters. The second kappa shape index (κ2) is 12.4. The minimum absolute atomic E-state index is 0. The fourth-order valence-corrected chi connectivity index (χ4v) is 1.71. The van der Waals surface area contributed by atoms with Gasteiger partial charge >= 0.3 is 0 Å². The summed E-state index contributed by atoms with van der Waals surface area (Å²) in [6, 6.07) is 8.42. The molecule has 22 heavy (non-hydrogen) atoms. The van der Waals surface area contributed by atoms with Crippen LogP contribution in [-0.4, -0.2) is 23.6 Å². The van der Waals surface area contributed by atoms with E-state index in [4.69, 9.17) is 0 Å². The van der Waals surface area contributed by atoms with Gasteiger partial charge < -0.3 is 51.6 Å². The molecule has 0 aliphatic carbocycles. The molecule has 1 aliphatic rings. The molecular formula is C12H9AcN4O2Re3-5. The Hall–Kier alpha value is 1.06. The van der Waals surface area contributed by atoms with Crippen LogP contribution in [0.4, 0.5) is 10.6 Å². The van der Waals surface area contributed by atoms with Crippen molar-refractivity contribution in [1.29, 1.82) is 0 Å². The molecule has 118 valence electrons. The number of nitrogens with zero attached hydrogens (tertiary/aromatic N) is 4. The summed E-state index contributed by atoms with van der Waals surface area (Å²) >= 11 is 0. The third-order valence-corrected chi connectivity index (χ3v) is 2.52. The minimum atomic E-state index is -0.591. The molecule has 1 saturated heterocycles. The molecule has 1 aromatic heterocycles. The fraction of sp³-hybridized carbons (Fsp3) is 0.167. The van der Waals surface area contributed by atoms with E-state index in [0.29, 0.717) is 16.7 Å². The predicted molar refractivity (Wildman–Crippen MR) is 64.9 cm³/mol. The van der Waals surface area contributed by atoms with Crippen LogP contribution in [0.3, 0.4) is 0 Å². The standard InChI is InChI=1S/C11H7N4O2.CH3.Ac.3Re/c16-9-5-6-15(11(17)12-9)10-7-3-1-2-4-8(7)13-14-10;;;;;/h2-3H,5-6H2,(H-,12,13,14,16,17);1H3;;;;/q-3;-1;;;;/p-1. The van der Waals surface area contributed by atoms with Crippen LogP contribution in [0.25, 0.3) is 16.2 Å². The van der Waals surface area contributed by atoms with E-state index in [1.807, 2.05) is 0 Å². The summed E-state index contributed by atoms with van der Waals surface area (Å²) in [6.45, 7) is 0.282. The third kappa shape index (κ3) is 5.85. The summed E-state index contributed by atoms with van der Waals surface area (Å²) < 4.78 is 0. The van der Waals surface area contributed by atoms with Crippen molar-refractivity contribution in [2.45, 2.75) is 6.42 Å². The summed E-state index contributed by atoms with van der Waals surface area (Å²) in [4.78, 5) is 23.9. The first-order valence-corrected chi connectivity index (χ1v) is 5.02. The topological polar surface area (TPSA) is 78.5 Å². The van der Waals surface area contributed by atoms with Gasteiger partial charge in [-0.05, 0) is 6.54 Å². The van der Waals surface area contributed by atoms with Gasteiger partial charge in [0.05, 0.1) is 0 Å². The first kappa shape index (κ1) is 27.9. The number of fused-ring (bicyclic) bond motifs is 1. The van der Waals surface area contributed by atoms with Crippen LogP contribution in [0.2, 0.25) is 0 Å². The number of hydrogen-bond acceptors (Lipinski definition) is 3. The first-order chi connectivity index (χ1) is 8.25. The molecule has 3 amide bonds. The van der Waals surface area contributed by atoms with Gasteiger partial charge in [-0.1, -0.05) is 5.82 Å². The van der Waals surface area contributed by atoms with E-state index in [1.54, 1.807) is 12.1 Å². The van der Waals surface area contributed by atoms with Crippen molar-refractivity contribution in [3.05, 3.63) is 37.0 Å². The Bertz CT molecular complexity index is 623. The van der Waals surface area contributed by atoms with Crippen molar-refractivity contribution in [2.75, 3.05) is 11.4 Å². The molecule has 10 heteroatoms. The van der Waals surface area contributed by atoms with Crippen LogP contribution < -0.4 is 10.00 Å². The monoisotopic (exact) mass is 1030 g/mol. The van der Waals surface area contributed by atoms with Gasteiger partial charge in [0, 0.05) is 112 Å². The van der Waals surface area contributed by atoms with Crippen LogP contribution in [0.15, 0.2) is 12.1 Å². The molecule has 0 unspecified atom stereocenters. The quantitative estimate of drug-likeness (QED) is 0.407. The van der Waals surface area contributed by atoms with Crippen molar-refractivity contribution in [1.82, 2.24) is 10.2 Å². The molecule has 1 fully saturated rings. The molecule has 4 radical (unpaired) electrons. The number of urea groups is 1. The smallest absolute Gasteiger partial charge is 0.164 e. The summed E-state index contributed by atoms with van der Waals surface area (Å²) in [5.41, 5.74) is 0.573. The second-order valence-corrected chi connectivity index (χ2v) is 3.58. The summed E-state index contributed by atoms with van der Waals surface area (Å²) in [5, 5.41) is 11.9. The molecule has 1 aromatic carbocycles. The Morgan fingerprint density at radius 1 is 1.23 bits per heavy atom. The number of carbonyl (C=O) groups is 2. The molecule has 6 nitrogen and oxygen atoms in total.